The number of hydrogen-bond acceptors (Lipinski definition) is 6. The Morgan fingerprint density at radius 1 is 1.15 bits per heavy atom. The first-order valence-electron chi connectivity index (χ1n) is 8.84. The Hall–Kier alpha value is -2.96. The van der Waals surface area contributed by atoms with Crippen LogP contribution in [0.3, 0.4) is 0 Å². The van der Waals surface area contributed by atoms with Gasteiger partial charge in [-0.1, -0.05) is 43.3 Å². The molecule has 0 atom stereocenters. The van der Waals surface area contributed by atoms with Crippen molar-refractivity contribution in [2.24, 2.45) is 5.16 Å². The topological polar surface area (TPSA) is 85.7 Å². The SMILES string of the molecule is CC.CNC(=O)/C(=N\OC)c1ccccc1COc1nc(C)nc(C)c1C. The lowest BCUT2D eigenvalue weighted by Crippen LogP contribution is -2.29. The van der Waals surface area contributed by atoms with E-state index in [2.05, 4.69) is 20.4 Å². The van der Waals surface area contributed by atoms with Gasteiger partial charge in [-0.05, 0) is 26.3 Å². The van der Waals surface area contributed by atoms with E-state index in [4.69, 9.17) is 9.57 Å². The van der Waals surface area contributed by atoms with Crippen LogP contribution in [-0.4, -0.2) is 35.7 Å². The second kappa shape index (κ2) is 10.9. The molecule has 0 fully saturated rings. The van der Waals surface area contributed by atoms with Crippen molar-refractivity contribution in [1.29, 1.82) is 0 Å². The van der Waals surface area contributed by atoms with Crippen molar-refractivity contribution in [1.82, 2.24) is 15.3 Å². The Bertz CT molecular complexity index is 804. The molecule has 27 heavy (non-hydrogen) atoms. The number of aromatic nitrogens is 2. The van der Waals surface area contributed by atoms with E-state index < -0.39 is 0 Å². The summed E-state index contributed by atoms with van der Waals surface area (Å²) in [4.78, 5) is 25.6. The lowest BCUT2D eigenvalue weighted by Gasteiger charge is -2.13. The van der Waals surface area contributed by atoms with Crippen LogP contribution < -0.4 is 10.1 Å². The molecule has 0 radical (unpaired) electrons. The Labute approximate surface area is 160 Å². The van der Waals surface area contributed by atoms with E-state index in [0.29, 0.717) is 17.3 Å². The first-order valence-corrected chi connectivity index (χ1v) is 8.84. The quantitative estimate of drug-likeness (QED) is 0.622. The predicted molar refractivity (Wildman–Crippen MR) is 106 cm³/mol. The van der Waals surface area contributed by atoms with Crippen LogP contribution in [0, 0.1) is 20.8 Å². The number of benzene rings is 1. The van der Waals surface area contributed by atoms with Crippen molar-refractivity contribution in [3.8, 4) is 5.88 Å². The van der Waals surface area contributed by atoms with Crippen LogP contribution in [0.5, 0.6) is 5.88 Å². The first-order chi connectivity index (χ1) is 13.0. The highest BCUT2D eigenvalue weighted by Crippen LogP contribution is 2.20. The highest BCUT2D eigenvalue weighted by atomic mass is 16.6. The molecule has 1 aromatic heterocycles. The van der Waals surface area contributed by atoms with Crippen molar-refractivity contribution < 1.29 is 14.4 Å². The Morgan fingerprint density at radius 2 is 1.81 bits per heavy atom. The lowest BCUT2D eigenvalue weighted by atomic mass is 10.0. The fourth-order valence-corrected chi connectivity index (χ4v) is 2.32. The van der Waals surface area contributed by atoms with Crippen LogP contribution in [0.2, 0.25) is 0 Å². The monoisotopic (exact) mass is 372 g/mol. The number of rotatable bonds is 6. The third-order valence-electron chi connectivity index (χ3n) is 3.72. The number of oxime groups is 1. The van der Waals surface area contributed by atoms with Crippen LogP contribution in [0.1, 0.15) is 42.1 Å². The van der Waals surface area contributed by atoms with Gasteiger partial charge in [-0.3, -0.25) is 4.79 Å². The number of nitrogens with zero attached hydrogens (tertiary/aromatic N) is 3. The van der Waals surface area contributed by atoms with Gasteiger partial charge >= 0.3 is 0 Å². The molecule has 1 aromatic carbocycles. The molecule has 0 saturated heterocycles. The molecule has 1 N–H and O–H groups in total. The van der Waals surface area contributed by atoms with E-state index >= 15 is 0 Å². The fraction of sp³-hybridized carbons (Fsp3) is 0.400. The molecule has 0 spiro atoms. The van der Waals surface area contributed by atoms with Gasteiger partial charge in [-0.25, -0.2) is 4.98 Å². The molecule has 2 aromatic rings. The average Bonchev–Trinajstić information content (AvgIpc) is 2.69. The maximum absolute atomic E-state index is 12.1. The molecule has 1 amide bonds. The van der Waals surface area contributed by atoms with Gasteiger partial charge in [0.15, 0.2) is 5.71 Å². The zero-order valence-corrected chi connectivity index (χ0v) is 17.1. The van der Waals surface area contributed by atoms with Crippen molar-refractivity contribution in [3.05, 3.63) is 52.5 Å². The summed E-state index contributed by atoms with van der Waals surface area (Å²) < 4.78 is 5.89. The van der Waals surface area contributed by atoms with E-state index in [9.17, 15) is 4.79 Å². The highest BCUT2D eigenvalue weighted by molar-refractivity contribution is 6.45. The molecule has 0 saturated carbocycles. The molecule has 0 unspecified atom stereocenters. The minimum atomic E-state index is -0.334. The second-order valence-electron chi connectivity index (χ2n) is 5.43. The van der Waals surface area contributed by atoms with Gasteiger partial charge in [0.25, 0.3) is 5.91 Å². The summed E-state index contributed by atoms with van der Waals surface area (Å²) in [7, 11) is 2.94. The molecular weight excluding hydrogens is 344 g/mol. The predicted octanol–water partition coefficient (Wildman–Crippen LogP) is 3.10. The zero-order valence-electron chi connectivity index (χ0n) is 17.1. The van der Waals surface area contributed by atoms with Crippen LogP contribution in [0.25, 0.3) is 0 Å². The zero-order chi connectivity index (χ0) is 20.4. The van der Waals surface area contributed by atoms with Crippen LogP contribution >= 0.6 is 0 Å². The first kappa shape index (κ1) is 22.1. The maximum Gasteiger partial charge on any atom is 0.273 e. The van der Waals surface area contributed by atoms with Crippen LogP contribution in [0.4, 0.5) is 0 Å². The number of carbonyl (C=O) groups is 1. The summed E-state index contributed by atoms with van der Waals surface area (Å²) in [5.74, 6) is 0.850. The van der Waals surface area contributed by atoms with E-state index in [0.717, 1.165) is 16.8 Å². The summed E-state index contributed by atoms with van der Waals surface area (Å²) in [6, 6.07) is 7.38. The minimum absolute atomic E-state index is 0.191. The molecule has 0 aliphatic carbocycles. The standard InChI is InChI=1S/C18H22N4O3.C2H6/c1-11-12(2)20-13(3)21-18(11)25-10-14-8-6-7-9-15(14)16(22-24-5)17(23)19-4;1-2/h6-9H,10H2,1-5H3,(H,19,23);1-2H3/b22-16-;. The molecule has 7 heteroatoms. The third kappa shape index (κ3) is 5.77. The average molecular weight is 372 g/mol. The number of aryl methyl sites for hydroxylation is 2. The van der Waals surface area contributed by atoms with E-state index in [1.54, 1.807) is 13.1 Å². The summed E-state index contributed by atoms with van der Waals surface area (Å²) >= 11 is 0. The van der Waals surface area contributed by atoms with Gasteiger partial charge in [0, 0.05) is 23.9 Å². The molecule has 2 rings (SSSR count). The van der Waals surface area contributed by atoms with Crippen molar-refractivity contribution >= 4 is 11.6 Å². The number of likely N-dealkylation sites (N-methyl/N-ethyl adjacent to an activating group) is 1. The largest absolute Gasteiger partial charge is 0.472 e. The van der Waals surface area contributed by atoms with Crippen LogP contribution in [0.15, 0.2) is 29.4 Å². The molecule has 1 heterocycles. The molecule has 0 bridgehead atoms. The van der Waals surface area contributed by atoms with Gasteiger partial charge in [0.05, 0.1) is 0 Å². The maximum atomic E-state index is 12.1. The summed E-state index contributed by atoms with van der Waals surface area (Å²) in [5, 5.41) is 6.41. The van der Waals surface area contributed by atoms with Gasteiger partial charge < -0.3 is 14.9 Å². The molecule has 146 valence electrons. The minimum Gasteiger partial charge on any atom is -0.472 e. The smallest absolute Gasteiger partial charge is 0.273 e. The van der Waals surface area contributed by atoms with Crippen molar-refractivity contribution in [2.75, 3.05) is 14.2 Å². The number of ether oxygens (including phenoxy) is 1. The number of carbonyl (C=O) groups excluding carboxylic acids is 1. The third-order valence-corrected chi connectivity index (χ3v) is 3.72. The van der Waals surface area contributed by atoms with E-state index in [1.807, 2.05) is 52.8 Å². The van der Waals surface area contributed by atoms with E-state index in [1.165, 1.54) is 7.11 Å². The lowest BCUT2D eigenvalue weighted by molar-refractivity contribution is -0.114. The van der Waals surface area contributed by atoms with Crippen molar-refractivity contribution in [3.63, 3.8) is 0 Å². The fourth-order valence-electron chi connectivity index (χ4n) is 2.32. The molecule has 7 nitrogen and oxygen atoms in total. The van der Waals surface area contributed by atoms with Gasteiger partial charge in [0.1, 0.15) is 19.5 Å². The van der Waals surface area contributed by atoms with Gasteiger partial charge in [0.2, 0.25) is 5.88 Å². The van der Waals surface area contributed by atoms with Gasteiger partial charge in [-0.2, -0.15) is 4.98 Å². The normalized spacial score (nSPS) is 10.6. The Kier molecular flexibility index (Phi) is 8.92. The Morgan fingerprint density at radius 3 is 2.44 bits per heavy atom. The molecular formula is C20H28N4O3. The highest BCUT2D eigenvalue weighted by Gasteiger charge is 2.18. The van der Waals surface area contributed by atoms with Crippen molar-refractivity contribution in [2.45, 2.75) is 41.2 Å². The summed E-state index contributed by atoms with van der Waals surface area (Å²) in [6.45, 7) is 9.90. The second-order valence-corrected chi connectivity index (χ2v) is 5.43. The number of amides is 1. The summed E-state index contributed by atoms with van der Waals surface area (Å²) in [6.07, 6.45) is 0. The molecule has 0 aliphatic rings. The van der Waals surface area contributed by atoms with E-state index in [-0.39, 0.29) is 18.2 Å². The molecule has 0 aliphatic heterocycles. The summed E-state index contributed by atoms with van der Waals surface area (Å²) in [5.41, 5.74) is 3.40. The number of nitrogens with one attached hydrogen (secondary N) is 1. The Balaban J connectivity index is 0.00000176. The van der Waals surface area contributed by atoms with Gasteiger partial charge in [-0.15, -0.1) is 0 Å². The number of hydrogen-bond donors (Lipinski definition) is 1. The van der Waals surface area contributed by atoms with Crippen LogP contribution in [-0.2, 0) is 16.2 Å².